The first-order valence-corrected chi connectivity index (χ1v) is 10.9. The summed E-state index contributed by atoms with van der Waals surface area (Å²) in [7, 11) is 1.43. The van der Waals surface area contributed by atoms with Gasteiger partial charge in [-0.25, -0.2) is 4.99 Å². The molecule has 4 rings (SSSR count). The molecule has 8 nitrogen and oxygen atoms in total. The van der Waals surface area contributed by atoms with Gasteiger partial charge in [0.1, 0.15) is 5.70 Å². The number of Topliss-reactive ketones (excluding diaryl/α,β-unsaturated/α-hetero) is 1. The molecule has 3 aromatic rings. The molecule has 1 amide bonds. The molecule has 11 heteroatoms. The van der Waals surface area contributed by atoms with Crippen molar-refractivity contribution in [3.8, 4) is 5.95 Å². The van der Waals surface area contributed by atoms with E-state index in [1.807, 2.05) is 6.07 Å². The molecule has 0 atom stereocenters. The quantitative estimate of drug-likeness (QED) is 0.310. The molecule has 1 aliphatic rings. The molecule has 0 radical (unpaired) electrons. The Labute approximate surface area is 196 Å². The minimum absolute atomic E-state index is 0.110. The minimum atomic E-state index is -0.823. The fraction of sp³-hybridized carbons (Fsp3) is 0.0952. The van der Waals surface area contributed by atoms with Crippen molar-refractivity contribution in [3.05, 3.63) is 75.5 Å². The van der Waals surface area contributed by atoms with Gasteiger partial charge in [0, 0.05) is 15.6 Å². The van der Waals surface area contributed by atoms with E-state index in [4.69, 9.17) is 23.2 Å². The number of hydrogen-bond acceptors (Lipinski definition) is 7. The Bertz CT molecular complexity index is 1230. The van der Waals surface area contributed by atoms with E-state index in [0.29, 0.717) is 21.3 Å². The zero-order chi connectivity index (χ0) is 22.8. The molecule has 0 saturated heterocycles. The van der Waals surface area contributed by atoms with E-state index in [2.05, 4.69) is 14.8 Å². The van der Waals surface area contributed by atoms with Crippen LogP contribution in [0.2, 0.25) is 10.0 Å². The Balaban J connectivity index is 1.68. The number of carbonyl (C=O) groups is 2. The Kier molecular flexibility index (Phi) is 6.31. The van der Waals surface area contributed by atoms with Crippen molar-refractivity contribution in [1.82, 2.24) is 5.27 Å². The van der Waals surface area contributed by atoms with Gasteiger partial charge in [0.2, 0.25) is 5.78 Å². The molecular weight excluding hydrogens is 475 g/mol. The summed E-state index contributed by atoms with van der Waals surface area (Å²) in [5.41, 5.74) is 0.960. The van der Waals surface area contributed by atoms with Crippen LogP contribution in [0.15, 0.2) is 63.7 Å². The lowest BCUT2D eigenvalue weighted by Gasteiger charge is -2.17. The molecule has 0 unspecified atom stereocenters. The van der Waals surface area contributed by atoms with Crippen LogP contribution in [0.25, 0.3) is 6.08 Å². The van der Waals surface area contributed by atoms with Gasteiger partial charge in [-0.05, 0) is 30.3 Å². The summed E-state index contributed by atoms with van der Waals surface area (Å²) in [6.45, 7) is 0. The van der Waals surface area contributed by atoms with E-state index in [-0.39, 0.29) is 22.3 Å². The third-order valence-corrected chi connectivity index (χ3v) is 6.08. The lowest BCUT2D eigenvalue weighted by atomic mass is 10.2. The smallest absolute Gasteiger partial charge is 0.300 e. The second kappa shape index (κ2) is 9.15. The van der Waals surface area contributed by atoms with Crippen molar-refractivity contribution < 1.29 is 23.9 Å². The second-order valence-corrected chi connectivity index (χ2v) is 8.34. The van der Waals surface area contributed by atoms with E-state index in [1.165, 1.54) is 18.0 Å². The number of hydrogen-bond donors (Lipinski definition) is 0. The van der Waals surface area contributed by atoms with Gasteiger partial charge in [-0.1, -0.05) is 63.9 Å². The first-order valence-electron chi connectivity index (χ1n) is 9.19. The summed E-state index contributed by atoms with van der Waals surface area (Å²) < 4.78 is 5.58. The van der Waals surface area contributed by atoms with Gasteiger partial charge < -0.3 is 9.63 Å². The highest BCUT2D eigenvalue weighted by molar-refractivity contribution is 8.14. The highest BCUT2D eigenvalue weighted by Gasteiger charge is 2.33. The van der Waals surface area contributed by atoms with E-state index in [0.717, 1.165) is 16.4 Å². The fourth-order valence-corrected chi connectivity index (χ4v) is 4.37. The average Bonchev–Trinajstić information content (AvgIpc) is 3.28. The van der Waals surface area contributed by atoms with Gasteiger partial charge in [0.15, 0.2) is 18.2 Å². The molecule has 32 heavy (non-hydrogen) atoms. The van der Waals surface area contributed by atoms with Crippen LogP contribution < -0.4 is 14.7 Å². The van der Waals surface area contributed by atoms with Gasteiger partial charge in [-0.3, -0.25) is 14.5 Å². The van der Waals surface area contributed by atoms with Crippen molar-refractivity contribution in [1.29, 1.82) is 0 Å². The number of halogens is 2. The Morgan fingerprint density at radius 3 is 2.50 bits per heavy atom. The first-order chi connectivity index (χ1) is 15.4. The number of aromatic nitrogens is 2. The summed E-state index contributed by atoms with van der Waals surface area (Å²) in [4.78, 5) is 31.6. The molecule has 2 heterocycles. The van der Waals surface area contributed by atoms with Crippen LogP contribution in [-0.2, 0) is 11.8 Å². The summed E-state index contributed by atoms with van der Waals surface area (Å²) in [5.74, 6) is -1.88. The third-order valence-electron chi connectivity index (χ3n) is 4.48. The highest BCUT2D eigenvalue weighted by atomic mass is 35.5. The number of rotatable bonds is 5. The van der Waals surface area contributed by atoms with Gasteiger partial charge in [0.05, 0.1) is 16.7 Å². The van der Waals surface area contributed by atoms with Crippen molar-refractivity contribution >= 4 is 63.6 Å². The lowest BCUT2D eigenvalue weighted by molar-refractivity contribution is -0.741. The van der Waals surface area contributed by atoms with Gasteiger partial charge >= 0.3 is 0 Å². The number of amides is 1. The monoisotopic (exact) mass is 488 g/mol. The molecule has 0 fully saturated rings. The minimum Gasteiger partial charge on any atom is -0.539 e. The van der Waals surface area contributed by atoms with Crippen LogP contribution in [0.1, 0.15) is 16.1 Å². The molecule has 0 saturated carbocycles. The standard InChI is InChI=1S/C21H14Cl2N4O4S/c1-26-18(20(30)31-25-26)17(28)11-32-21-24-16(10-13-14(22)8-5-9-15(13)23)19(29)27(21)12-6-3-2-4-7-12/h2-10H,11H2,1H3/b16-10-. The number of aliphatic imine (C=N–C) groups is 1. The van der Waals surface area contributed by atoms with Crippen molar-refractivity contribution in [2.75, 3.05) is 10.7 Å². The molecule has 0 N–H and O–H groups in total. The zero-order valence-electron chi connectivity index (χ0n) is 16.5. The molecule has 0 aliphatic carbocycles. The summed E-state index contributed by atoms with van der Waals surface area (Å²) in [6, 6.07) is 13.9. The van der Waals surface area contributed by atoms with Crippen LogP contribution in [-0.4, -0.2) is 27.9 Å². The van der Waals surface area contributed by atoms with Crippen molar-refractivity contribution in [2.45, 2.75) is 0 Å². The zero-order valence-corrected chi connectivity index (χ0v) is 18.8. The SMILES string of the molecule is C[n+]1noc([O-])c1C(=O)CSC1=N/C(=C\c2c(Cl)cccc2Cl)C(=O)N1c1ccccc1. The summed E-state index contributed by atoms with van der Waals surface area (Å²) in [5, 5.41) is 16.2. The van der Waals surface area contributed by atoms with Crippen molar-refractivity contribution in [3.63, 3.8) is 0 Å². The maximum absolute atomic E-state index is 13.2. The predicted molar refractivity (Wildman–Crippen MR) is 120 cm³/mol. The average molecular weight is 489 g/mol. The Morgan fingerprint density at radius 1 is 1.19 bits per heavy atom. The van der Waals surface area contributed by atoms with Crippen LogP contribution in [0.5, 0.6) is 5.95 Å². The normalized spacial score (nSPS) is 14.8. The maximum Gasteiger partial charge on any atom is 0.300 e. The number of para-hydroxylation sites is 1. The second-order valence-electron chi connectivity index (χ2n) is 6.58. The maximum atomic E-state index is 13.2. The van der Waals surface area contributed by atoms with Crippen LogP contribution in [0.4, 0.5) is 5.69 Å². The number of nitrogens with zero attached hydrogens (tertiary/aromatic N) is 4. The van der Waals surface area contributed by atoms with Crippen molar-refractivity contribution in [2.24, 2.45) is 12.0 Å². The molecule has 162 valence electrons. The molecule has 0 bridgehead atoms. The molecule has 1 aliphatic heterocycles. The van der Waals surface area contributed by atoms with E-state index in [9.17, 15) is 14.7 Å². The van der Waals surface area contributed by atoms with E-state index in [1.54, 1.807) is 42.5 Å². The molecule has 2 aromatic carbocycles. The predicted octanol–water partition coefficient (Wildman–Crippen LogP) is 3.24. The number of aryl methyl sites for hydroxylation is 1. The number of ketones is 1. The molecular formula is C21H14Cl2N4O4S. The first kappa shape index (κ1) is 22.1. The topological polar surface area (TPSA) is 103 Å². The highest BCUT2D eigenvalue weighted by Crippen LogP contribution is 2.32. The number of amidine groups is 1. The van der Waals surface area contributed by atoms with Gasteiger partial charge in [-0.2, -0.15) is 0 Å². The van der Waals surface area contributed by atoms with E-state index < -0.39 is 17.6 Å². The van der Waals surface area contributed by atoms with Crippen LogP contribution in [0, 0.1) is 0 Å². The molecule has 0 spiro atoms. The van der Waals surface area contributed by atoms with E-state index >= 15 is 0 Å². The van der Waals surface area contributed by atoms with Gasteiger partial charge in [-0.15, -0.1) is 0 Å². The molecule has 1 aromatic heterocycles. The summed E-state index contributed by atoms with van der Waals surface area (Å²) in [6.07, 6.45) is 1.51. The number of anilines is 1. The number of carbonyl (C=O) groups excluding carboxylic acids is 2. The van der Waals surface area contributed by atoms with Gasteiger partial charge in [0.25, 0.3) is 11.6 Å². The Hall–Kier alpha value is -3.14. The third kappa shape index (κ3) is 4.27. The summed E-state index contributed by atoms with van der Waals surface area (Å²) >= 11 is 13.5. The number of thioether (sulfide) groups is 1. The lowest BCUT2D eigenvalue weighted by Crippen LogP contribution is -2.38. The number of benzene rings is 2. The fourth-order valence-electron chi connectivity index (χ4n) is 2.99. The van der Waals surface area contributed by atoms with Crippen LogP contribution >= 0.6 is 35.0 Å². The van der Waals surface area contributed by atoms with Crippen LogP contribution in [0.3, 0.4) is 0 Å². The Morgan fingerprint density at radius 2 is 1.88 bits per heavy atom. The largest absolute Gasteiger partial charge is 0.539 e.